The zero-order valence-corrected chi connectivity index (χ0v) is 18.9. The third-order valence-electron chi connectivity index (χ3n) is 5.63. The molecular weight excluding hydrogens is 360 g/mol. The number of thiol groups is 2. The summed E-state index contributed by atoms with van der Waals surface area (Å²) in [5.74, 6) is 3.20. The molecule has 0 amide bonds. The highest BCUT2D eigenvalue weighted by Crippen LogP contribution is 2.30. The molecule has 158 valence electrons. The van der Waals surface area contributed by atoms with E-state index in [4.69, 9.17) is 0 Å². The van der Waals surface area contributed by atoms with Crippen LogP contribution < -0.4 is 0 Å². The van der Waals surface area contributed by atoms with Crippen molar-refractivity contribution in [3.05, 3.63) is 0 Å². The first kappa shape index (κ1) is 26.6. The van der Waals surface area contributed by atoms with E-state index in [0.717, 1.165) is 24.3 Å². The largest absolute Gasteiger partial charge is 0.396 e. The molecular formula is C22H46O2S2. The molecule has 2 nitrogen and oxygen atoms in total. The fraction of sp³-hybridized carbons (Fsp3) is 1.00. The van der Waals surface area contributed by atoms with Crippen molar-refractivity contribution in [2.45, 2.75) is 103 Å². The number of hydrogen-bond donors (Lipinski definition) is 4. The van der Waals surface area contributed by atoms with Gasteiger partial charge in [0.05, 0.1) is 0 Å². The molecule has 2 atom stereocenters. The minimum Gasteiger partial charge on any atom is -0.396 e. The molecule has 0 bridgehead atoms. The van der Waals surface area contributed by atoms with Gasteiger partial charge in [0.2, 0.25) is 0 Å². The normalized spacial score (nSPS) is 13.8. The molecule has 0 rings (SSSR count). The van der Waals surface area contributed by atoms with E-state index in [1.165, 1.54) is 89.9 Å². The van der Waals surface area contributed by atoms with Crippen molar-refractivity contribution in [1.82, 2.24) is 0 Å². The van der Waals surface area contributed by atoms with Crippen molar-refractivity contribution in [3.63, 3.8) is 0 Å². The van der Waals surface area contributed by atoms with E-state index in [-0.39, 0.29) is 13.2 Å². The molecule has 26 heavy (non-hydrogen) atoms. The molecule has 0 aromatic rings. The van der Waals surface area contributed by atoms with E-state index in [1.807, 2.05) is 0 Å². The Morgan fingerprint density at radius 3 is 1.04 bits per heavy atom. The molecule has 0 fully saturated rings. The summed E-state index contributed by atoms with van der Waals surface area (Å²) >= 11 is 8.53. The lowest BCUT2D eigenvalue weighted by molar-refractivity contribution is 0.164. The molecule has 0 aromatic heterocycles. The monoisotopic (exact) mass is 406 g/mol. The first-order valence-electron chi connectivity index (χ1n) is 11.2. The fourth-order valence-corrected chi connectivity index (χ4v) is 4.46. The molecule has 2 N–H and O–H groups in total. The summed E-state index contributed by atoms with van der Waals surface area (Å²) in [5.41, 5.74) is 0. The van der Waals surface area contributed by atoms with Crippen LogP contribution >= 0.6 is 25.3 Å². The predicted molar refractivity (Wildman–Crippen MR) is 123 cm³/mol. The van der Waals surface area contributed by atoms with Crippen LogP contribution in [0.3, 0.4) is 0 Å². The molecule has 0 spiro atoms. The van der Waals surface area contributed by atoms with Crippen molar-refractivity contribution in [1.29, 1.82) is 0 Å². The Morgan fingerprint density at radius 1 is 0.423 bits per heavy atom. The van der Waals surface area contributed by atoms with Crippen LogP contribution in [0.15, 0.2) is 0 Å². The van der Waals surface area contributed by atoms with Crippen LogP contribution in [0.2, 0.25) is 0 Å². The second-order valence-electron chi connectivity index (χ2n) is 7.81. The fourth-order valence-electron chi connectivity index (χ4n) is 4.01. The Hall–Kier alpha value is 0.620. The lowest BCUT2D eigenvalue weighted by Gasteiger charge is -2.26. The van der Waals surface area contributed by atoms with Crippen molar-refractivity contribution < 1.29 is 10.2 Å². The highest BCUT2D eigenvalue weighted by molar-refractivity contribution is 7.80. The molecule has 0 radical (unpaired) electrons. The molecule has 0 aliphatic carbocycles. The molecule has 0 aliphatic heterocycles. The summed E-state index contributed by atoms with van der Waals surface area (Å²) in [7, 11) is 0. The summed E-state index contributed by atoms with van der Waals surface area (Å²) in [4.78, 5) is 0. The van der Waals surface area contributed by atoms with Crippen LogP contribution in [-0.2, 0) is 0 Å². The summed E-state index contributed by atoms with van der Waals surface area (Å²) in [6.45, 7) is 0.580. The Labute approximate surface area is 174 Å². The summed E-state index contributed by atoms with van der Waals surface area (Å²) in [5, 5.41) is 18.9. The van der Waals surface area contributed by atoms with Gasteiger partial charge in [0.25, 0.3) is 0 Å². The molecule has 0 aromatic carbocycles. The molecule has 0 aliphatic rings. The van der Waals surface area contributed by atoms with E-state index in [0.29, 0.717) is 11.8 Å². The lowest BCUT2D eigenvalue weighted by Crippen LogP contribution is -2.18. The first-order chi connectivity index (χ1) is 12.8. The molecule has 0 saturated carbocycles. The quantitative estimate of drug-likeness (QED) is 0.133. The van der Waals surface area contributed by atoms with Crippen LogP contribution in [0.5, 0.6) is 0 Å². The minimum absolute atomic E-state index is 0.290. The van der Waals surface area contributed by atoms with E-state index in [2.05, 4.69) is 25.3 Å². The Balaban J connectivity index is 4.00. The standard InChI is InChI=1S/C22H46O2S2/c23-17-15-21(13-9-5-1-3-7-11-19-25)22(16-18-24)14-10-6-2-4-8-12-20-26/h21-26H,1-20H2/t21-,22-/m1/s1. The van der Waals surface area contributed by atoms with E-state index >= 15 is 0 Å². The first-order valence-corrected chi connectivity index (χ1v) is 12.5. The number of aliphatic hydroxyl groups excluding tert-OH is 2. The molecule has 0 unspecified atom stereocenters. The van der Waals surface area contributed by atoms with E-state index < -0.39 is 0 Å². The highest BCUT2D eigenvalue weighted by Gasteiger charge is 2.20. The third kappa shape index (κ3) is 16.8. The maximum atomic E-state index is 9.47. The van der Waals surface area contributed by atoms with Crippen LogP contribution in [0.25, 0.3) is 0 Å². The van der Waals surface area contributed by atoms with Crippen molar-refractivity contribution in [2.75, 3.05) is 24.7 Å². The average molecular weight is 407 g/mol. The van der Waals surface area contributed by atoms with Gasteiger partial charge in [0.1, 0.15) is 0 Å². The van der Waals surface area contributed by atoms with E-state index in [1.54, 1.807) is 0 Å². The Morgan fingerprint density at radius 2 is 0.731 bits per heavy atom. The summed E-state index contributed by atoms with van der Waals surface area (Å²) in [6, 6.07) is 0. The topological polar surface area (TPSA) is 40.5 Å². The Kier molecular flexibility index (Phi) is 22.4. The maximum Gasteiger partial charge on any atom is 0.0433 e. The van der Waals surface area contributed by atoms with Crippen molar-refractivity contribution in [2.24, 2.45) is 11.8 Å². The lowest BCUT2D eigenvalue weighted by atomic mass is 9.80. The smallest absolute Gasteiger partial charge is 0.0433 e. The average Bonchev–Trinajstić information content (AvgIpc) is 2.65. The van der Waals surface area contributed by atoms with Gasteiger partial charge in [-0.1, -0.05) is 77.0 Å². The number of unbranched alkanes of at least 4 members (excludes halogenated alkanes) is 10. The SMILES string of the molecule is OCC[C@@H](CCCCCCCCS)[C@@H](CCO)CCCCCCCCS. The number of aliphatic hydroxyl groups is 2. The van der Waals surface area contributed by atoms with Gasteiger partial charge >= 0.3 is 0 Å². The minimum atomic E-state index is 0.290. The van der Waals surface area contributed by atoms with Crippen LogP contribution in [0, 0.1) is 11.8 Å². The predicted octanol–water partition coefficient (Wildman–Crippen LogP) is 6.30. The number of rotatable bonds is 21. The van der Waals surface area contributed by atoms with Crippen LogP contribution in [0.4, 0.5) is 0 Å². The molecule has 0 saturated heterocycles. The van der Waals surface area contributed by atoms with Crippen molar-refractivity contribution in [3.8, 4) is 0 Å². The van der Waals surface area contributed by atoms with Crippen LogP contribution in [0.1, 0.15) is 103 Å². The van der Waals surface area contributed by atoms with Gasteiger partial charge in [0, 0.05) is 13.2 Å². The zero-order chi connectivity index (χ0) is 19.3. The van der Waals surface area contributed by atoms with Gasteiger partial charge in [-0.2, -0.15) is 25.3 Å². The second-order valence-corrected chi connectivity index (χ2v) is 8.71. The highest BCUT2D eigenvalue weighted by atomic mass is 32.1. The Bertz CT molecular complexity index is 239. The number of hydrogen-bond acceptors (Lipinski definition) is 4. The van der Waals surface area contributed by atoms with Crippen LogP contribution in [-0.4, -0.2) is 34.9 Å². The van der Waals surface area contributed by atoms with Gasteiger partial charge in [-0.3, -0.25) is 0 Å². The molecule has 0 heterocycles. The van der Waals surface area contributed by atoms with Crippen molar-refractivity contribution >= 4 is 25.3 Å². The van der Waals surface area contributed by atoms with E-state index in [9.17, 15) is 10.2 Å². The van der Waals surface area contributed by atoms with Gasteiger partial charge in [-0.15, -0.1) is 0 Å². The van der Waals surface area contributed by atoms with Gasteiger partial charge in [-0.05, 0) is 49.0 Å². The van der Waals surface area contributed by atoms with Gasteiger partial charge in [-0.25, -0.2) is 0 Å². The summed E-state index contributed by atoms with van der Waals surface area (Å²) < 4.78 is 0. The molecule has 4 heteroatoms. The third-order valence-corrected chi connectivity index (χ3v) is 6.26. The second kappa shape index (κ2) is 21.9. The zero-order valence-electron chi connectivity index (χ0n) is 17.1. The summed E-state index contributed by atoms with van der Waals surface area (Å²) in [6.07, 6.45) is 19.9. The maximum absolute atomic E-state index is 9.47. The van der Waals surface area contributed by atoms with Gasteiger partial charge < -0.3 is 10.2 Å². The van der Waals surface area contributed by atoms with Gasteiger partial charge in [0.15, 0.2) is 0 Å².